The van der Waals surface area contributed by atoms with Crippen LogP contribution in [0.5, 0.6) is 0 Å². The van der Waals surface area contributed by atoms with Gasteiger partial charge in [-0.05, 0) is 5.56 Å². The van der Waals surface area contributed by atoms with Crippen molar-refractivity contribution < 1.29 is 0 Å². The molecule has 1 aromatic carbocycles. The van der Waals surface area contributed by atoms with E-state index in [-0.39, 0.29) is 5.95 Å². The smallest absolute Gasteiger partial charge is 0.222 e. The quantitative estimate of drug-likeness (QED) is 0.736. The highest BCUT2D eigenvalue weighted by molar-refractivity contribution is 5.67. The molecule has 1 heterocycles. The SMILES string of the molecule is CNc1cc(-c2ccccc2CN)nc(N)n1. The standard InChI is InChI=1S/C12H15N5/c1-15-11-6-10(16-12(14)17-11)9-5-3-2-4-8(9)7-13/h2-6H,7,13H2,1H3,(H3,14,15,16,17). The Bertz CT molecular complexity index is 524. The number of rotatable bonds is 3. The second-order valence-corrected chi connectivity index (χ2v) is 3.61. The molecule has 0 saturated heterocycles. The predicted octanol–water partition coefficient (Wildman–Crippen LogP) is 1.23. The van der Waals surface area contributed by atoms with Gasteiger partial charge in [-0.15, -0.1) is 0 Å². The fourth-order valence-electron chi connectivity index (χ4n) is 1.68. The summed E-state index contributed by atoms with van der Waals surface area (Å²) in [5, 5.41) is 2.95. The van der Waals surface area contributed by atoms with Gasteiger partial charge in [-0.1, -0.05) is 24.3 Å². The minimum Gasteiger partial charge on any atom is -0.373 e. The van der Waals surface area contributed by atoms with Gasteiger partial charge in [-0.2, -0.15) is 4.98 Å². The van der Waals surface area contributed by atoms with Gasteiger partial charge in [0.25, 0.3) is 0 Å². The number of hydrogen-bond acceptors (Lipinski definition) is 5. The first-order valence-corrected chi connectivity index (χ1v) is 5.35. The maximum atomic E-state index is 5.71. The predicted molar refractivity (Wildman–Crippen MR) is 69.3 cm³/mol. The molecule has 0 aliphatic carbocycles. The van der Waals surface area contributed by atoms with Crippen molar-refractivity contribution in [2.24, 2.45) is 5.73 Å². The summed E-state index contributed by atoms with van der Waals surface area (Å²) >= 11 is 0. The molecule has 0 aliphatic rings. The van der Waals surface area contributed by atoms with Gasteiger partial charge in [0.15, 0.2) is 0 Å². The van der Waals surface area contributed by atoms with Crippen molar-refractivity contribution in [2.75, 3.05) is 18.1 Å². The van der Waals surface area contributed by atoms with E-state index in [0.29, 0.717) is 12.4 Å². The number of nitrogens with one attached hydrogen (secondary N) is 1. The van der Waals surface area contributed by atoms with Crippen LogP contribution < -0.4 is 16.8 Å². The molecule has 0 bridgehead atoms. The van der Waals surface area contributed by atoms with E-state index in [1.807, 2.05) is 30.3 Å². The lowest BCUT2D eigenvalue weighted by atomic mass is 10.0. The number of aromatic nitrogens is 2. The zero-order chi connectivity index (χ0) is 12.3. The Hall–Kier alpha value is -2.14. The van der Waals surface area contributed by atoms with Gasteiger partial charge in [0.1, 0.15) is 5.82 Å². The lowest BCUT2D eigenvalue weighted by Gasteiger charge is -2.09. The van der Waals surface area contributed by atoms with E-state index in [4.69, 9.17) is 11.5 Å². The number of nitrogen functional groups attached to an aromatic ring is 1. The zero-order valence-electron chi connectivity index (χ0n) is 9.64. The van der Waals surface area contributed by atoms with Gasteiger partial charge >= 0.3 is 0 Å². The van der Waals surface area contributed by atoms with Crippen LogP contribution in [-0.4, -0.2) is 17.0 Å². The average molecular weight is 229 g/mol. The van der Waals surface area contributed by atoms with E-state index in [9.17, 15) is 0 Å². The van der Waals surface area contributed by atoms with E-state index in [2.05, 4.69) is 15.3 Å². The van der Waals surface area contributed by atoms with Crippen LogP contribution in [0.15, 0.2) is 30.3 Å². The molecule has 88 valence electrons. The monoisotopic (exact) mass is 229 g/mol. The molecule has 0 fully saturated rings. The maximum absolute atomic E-state index is 5.71. The Morgan fingerprint density at radius 1 is 1.24 bits per heavy atom. The fraction of sp³-hybridized carbons (Fsp3) is 0.167. The Balaban J connectivity index is 2.55. The maximum Gasteiger partial charge on any atom is 0.222 e. The number of nitrogens with two attached hydrogens (primary N) is 2. The first-order valence-electron chi connectivity index (χ1n) is 5.35. The third-order valence-electron chi connectivity index (χ3n) is 2.51. The highest BCUT2D eigenvalue weighted by Gasteiger charge is 2.07. The van der Waals surface area contributed by atoms with Crippen LogP contribution in [0.25, 0.3) is 11.3 Å². The Labute approximate surface area is 99.9 Å². The molecule has 5 N–H and O–H groups in total. The van der Waals surface area contributed by atoms with Crippen LogP contribution in [-0.2, 0) is 6.54 Å². The molecule has 5 heteroatoms. The second kappa shape index (κ2) is 4.80. The van der Waals surface area contributed by atoms with Crippen molar-refractivity contribution >= 4 is 11.8 Å². The molecule has 5 nitrogen and oxygen atoms in total. The molecule has 0 atom stereocenters. The number of nitrogens with zero attached hydrogens (tertiary/aromatic N) is 2. The normalized spacial score (nSPS) is 10.2. The fourth-order valence-corrected chi connectivity index (χ4v) is 1.68. The Kier molecular flexibility index (Phi) is 3.20. The van der Waals surface area contributed by atoms with Crippen LogP contribution in [0.2, 0.25) is 0 Å². The molecule has 1 aromatic heterocycles. The van der Waals surface area contributed by atoms with Crippen molar-refractivity contribution in [3.05, 3.63) is 35.9 Å². The summed E-state index contributed by atoms with van der Waals surface area (Å²) in [5.41, 5.74) is 14.2. The lowest BCUT2D eigenvalue weighted by molar-refractivity contribution is 1.07. The van der Waals surface area contributed by atoms with Gasteiger partial charge < -0.3 is 16.8 Å². The third-order valence-corrected chi connectivity index (χ3v) is 2.51. The average Bonchev–Trinajstić information content (AvgIpc) is 2.37. The molecule has 2 rings (SSSR count). The van der Waals surface area contributed by atoms with Crippen molar-refractivity contribution in [2.45, 2.75) is 6.54 Å². The van der Waals surface area contributed by atoms with Crippen LogP contribution in [0.4, 0.5) is 11.8 Å². The summed E-state index contributed by atoms with van der Waals surface area (Å²) in [6, 6.07) is 9.71. The van der Waals surface area contributed by atoms with Crippen molar-refractivity contribution in [3.63, 3.8) is 0 Å². The van der Waals surface area contributed by atoms with Crippen LogP contribution in [0.1, 0.15) is 5.56 Å². The largest absolute Gasteiger partial charge is 0.373 e. The van der Waals surface area contributed by atoms with Crippen LogP contribution in [0.3, 0.4) is 0 Å². The summed E-state index contributed by atoms with van der Waals surface area (Å²) in [6.07, 6.45) is 0. The molecule has 2 aromatic rings. The molecule has 0 radical (unpaired) electrons. The second-order valence-electron chi connectivity index (χ2n) is 3.61. The van der Waals surface area contributed by atoms with Crippen molar-refractivity contribution in [1.29, 1.82) is 0 Å². The molecule has 0 amide bonds. The first kappa shape index (κ1) is 11.3. The van der Waals surface area contributed by atoms with E-state index in [0.717, 1.165) is 16.8 Å². The van der Waals surface area contributed by atoms with Gasteiger partial charge in [-0.3, -0.25) is 0 Å². The highest BCUT2D eigenvalue weighted by Crippen LogP contribution is 2.23. The zero-order valence-corrected chi connectivity index (χ0v) is 9.64. The minimum atomic E-state index is 0.249. The molecule has 0 spiro atoms. The number of benzene rings is 1. The summed E-state index contributed by atoms with van der Waals surface area (Å²) < 4.78 is 0. The van der Waals surface area contributed by atoms with Crippen molar-refractivity contribution in [1.82, 2.24) is 9.97 Å². The van der Waals surface area contributed by atoms with E-state index >= 15 is 0 Å². The van der Waals surface area contributed by atoms with Crippen molar-refractivity contribution in [3.8, 4) is 11.3 Å². The van der Waals surface area contributed by atoms with E-state index < -0.39 is 0 Å². The number of anilines is 2. The van der Waals surface area contributed by atoms with Gasteiger partial charge in [0.2, 0.25) is 5.95 Å². The molecule has 17 heavy (non-hydrogen) atoms. The van der Waals surface area contributed by atoms with Crippen LogP contribution >= 0.6 is 0 Å². The highest BCUT2D eigenvalue weighted by atomic mass is 15.1. The van der Waals surface area contributed by atoms with Gasteiger partial charge in [-0.25, -0.2) is 4.98 Å². The molecular formula is C12H15N5. The summed E-state index contributed by atoms with van der Waals surface area (Å²) in [5.74, 6) is 0.943. The molecule has 0 saturated carbocycles. The Morgan fingerprint density at radius 3 is 2.71 bits per heavy atom. The summed E-state index contributed by atoms with van der Waals surface area (Å²) in [7, 11) is 1.79. The Morgan fingerprint density at radius 2 is 2.00 bits per heavy atom. The number of hydrogen-bond donors (Lipinski definition) is 3. The first-order chi connectivity index (χ1) is 8.24. The van der Waals surface area contributed by atoms with E-state index in [1.165, 1.54) is 0 Å². The lowest BCUT2D eigenvalue weighted by Crippen LogP contribution is -2.03. The van der Waals surface area contributed by atoms with Crippen LogP contribution in [0, 0.1) is 0 Å². The molecule has 0 unspecified atom stereocenters. The summed E-state index contributed by atoms with van der Waals surface area (Å²) in [4.78, 5) is 8.29. The molecular weight excluding hydrogens is 214 g/mol. The summed E-state index contributed by atoms with van der Waals surface area (Å²) in [6.45, 7) is 0.467. The van der Waals surface area contributed by atoms with Gasteiger partial charge in [0.05, 0.1) is 5.69 Å². The van der Waals surface area contributed by atoms with E-state index in [1.54, 1.807) is 7.05 Å². The minimum absolute atomic E-state index is 0.249. The third kappa shape index (κ3) is 2.34. The molecule has 0 aliphatic heterocycles. The van der Waals surface area contributed by atoms with Gasteiger partial charge in [0, 0.05) is 25.2 Å². The topological polar surface area (TPSA) is 89.8 Å².